The molecule has 0 saturated heterocycles. The molecular formula is C15H17FN2O3S. The normalized spacial score (nSPS) is 10.7. The van der Waals surface area contributed by atoms with Gasteiger partial charge in [-0.05, 0) is 31.2 Å². The maximum atomic E-state index is 12.9. The molecule has 1 amide bonds. The van der Waals surface area contributed by atoms with E-state index in [2.05, 4.69) is 10.3 Å². The summed E-state index contributed by atoms with van der Waals surface area (Å²) in [6.45, 7) is 2.69. The molecule has 0 unspecified atom stereocenters. The molecule has 0 bridgehead atoms. The Kier molecular flexibility index (Phi) is 6.00. The van der Waals surface area contributed by atoms with E-state index in [0.29, 0.717) is 28.7 Å². The molecule has 0 fully saturated rings. The van der Waals surface area contributed by atoms with Gasteiger partial charge in [-0.25, -0.2) is 9.37 Å². The second-order valence-electron chi connectivity index (χ2n) is 4.53. The van der Waals surface area contributed by atoms with E-state index in [1.807, 2.05) is 0 Å². The zero-order valence-electron chi connectivity index (χ0n) is 12.1. The summed E-state index contributed by atoms with van der Waals surface area (Å²) in [5.41, 5.74) is 1.41. The SMILES string of the molecule is Cc1nc(-c2ccc(F)cc2)sc1C(=O)NCCOCCO. The minimum absolute atomic E-state index is 0.0388. The van der Waals surface area contributed by atoms with Gasteiger partial charge < -0.3 is 15.2 Å². The molecule has 0 aliphatic carbocycles. The number of rotatable bonds is 7. The zero-order valence-corrected chi connectivity index (χ0v) is 13.0. The van der Waals surface area contributed by atoms with Gasteiger partial charge in [0.25, 0.3) is 5.91 Å². The minimum atomic E-state index is -0.308. The molecule has 2 aromatic rings. The first-order valence-electron chi connectivity index (χ1n) is 6.82. The van der Waals surface area contributed by atoms with E-state index in [9.17, 15) is 9.18 Å². The van der Waals surface area contributed by atoms with Crippen molar-refractivity contribution < 1.29 is 19.0 Å². The minimum Gasteiger partial charge on any atom is -0.394 e. The van der Waals surface area contributed by atoms with Crippen LogP contribution in [0.15, 0.2) is 24.3 Å². The molecule has 22 heavy (non-hydrogen) atoms. The molecule has 0 spiro atoms. The Bertz CT molecular complexity index is 628. The van der Waals surface area contributed by atoms with E-state index in [0.717, 1.165) is 5.56 Å². The van der Waals surface area contributed by atoms with Gasteiger partial charge in [0.2, 0.25) is 0 Å². The number of amides is 1. The van der Waals surface area contributed by atoms with Crippen LogP contribution in [0.5, 0.6) is 0 Å². The fourth-order valence-corrected chi connectivity index (χ4v) is 2.79. The van der Waals surface area contributed by atoms with Crippen molar-refractivity contribution in [2.45, 2.75) is 6.92 Å². The van der Waals surface area contributed by atoms with Crippen LogP contribution in [0.25, 0.3) is 10.6 Å². The van der Waals surface area contributed by atoms with E-state index >= 15 is 0 Å². The molecule has 0 aliphatic rings. The van der Waals surface area contributed by atoms with Crippen LogP contribution in [-0.2, 0) is 4.74 Å². The van der Waals surface area contributed by atoms with Gasteiger partial charge in [0, 0.05) is 12.1 Å². The third-order valence-corrected chi connectivity index (χ3v) is 4.07. The maximum Gasteiger partial charge on any atom is 0.263 e. The van der Waals surface area contributed by atoms with Gasteiger partial charge in [-0.1, -0.05) is 0 Å². The number of carbonyl (C=O) groups is 1. The summed E-state index contributed by atoms with van der Waals surface area (Å²) in [5, 5.41) is 12.0. The molecule has 5 nitrogen and oxygen atoms in total. The monoisotopic (exact) mass is 324 g/mol. The van der Waals surface area contributed by atoms with Crippen LogP contribution in [0.3, 0.4) is 0 Å². The molecule has 7 heteroatoms. The van der Waals surface area contributed by atoms with Crippen molar-refractivity contribution in [1.29, 1.82) is 0 Å². The first-order valence-corrected chi connectivity index (χ1v) is 7.63. The fourth-order valence-electron chi connectivity index (χ4n) is 1.81. The molecule has 1 heterocycles. The zero-order chi connectivity index (χ0) is 15.9. The highest BCUT2D eigenvalue weighted by atomic mass is 32.1. The second kappa shape index (κ2) is 7.98. The quantitative estimate of drug-likeness (QED) is 0.764. The molecule has 0 saturated carbocycles. The topological polar surface area (TPSA) is 71.5 Å². The van der Waals surface area contributed by atoms with Gasteiger partial charge in [-0.3, -0.25) is 4.79 Å². The first-order chi connectivity index (χ1) is 10.6. The summed E-state index contributed by atoms with van der Waals surface area (Å²) in [4.78, 5) is 17.0. The van der Waals surface area contributed by atoms with E-state index in [-0.39, 0.29) is 24.9 Å². The summed E-state index contributed by atoms with van der Waals surface area (Å²) in [6.07, 6.45) is 0. The maximum absolute atomic E-state index is 12.9. The van der Waals surface area contributed by atoms with Gasteiger partial charge in [0.1, 0.15) is 15.7 Å². The summed E-state index contributed by atoms with van der Waals surface area (Å²) in [6, 6.07) is 6.00. The van der Waals surface area contributed by atoms with Gasteiger partial charge in [-0.2, -0.15) is 0 Å². The Morgan fingerprint density at radius 1 is 1.36 bits per heavy atom. The number of aliphatic hydroxyl groups is 1. The van der Waals surface area contributed by atoms with E-state index in [1.165, 1.54) is 23.5 Å². The number of hydrogen-bond acceptors (Lipinski definition) is 5. The summed E-state index contributed by atoms with van der Waals surface area (Å²) < 4.78 is 18.0. The van der Waals surface area contributed by atoms with Crippen LogP contribution in [-0.4, -0.2) is 42.4 Å². The number of aromatic nitrogens is 1. The summed E-state index contributed by atoms with van der Waals surface area (Å²) >= 11 is 1.27. The third kappa shape index (κ3) is 4.33. The number of carbonyl (C=O) groups excluding carboxylic acids is 1. The number of nitrogens with zero attached hydrogens (tertiary/aromatic N) is 1. The van der Waals surface area contributed by atoms with Crippen molar-refractivity contribution in [3.8, 4) is 10.6 Å². The van der Waals surface area contributed by atoms with Gasteiger partial charge in [0.05, 0.1) is 25.5 Å². The van der Waals surface area contributed by atoms with Crippen LogP contribution < -0.4 is 5.32 Å². The van der Waals surface area contributed by atoms with Gasteiger partial charge >= 0.3 is 0 Å². The number of hydrogen-bond donors (Lipinski definition) is 2. The van der Waals surface area contributed by atoms with Crippen molar-refractivity contribution >= 4 is 17.2 Å². The standard InChI is InChI=1S/C15H17FN2O3S/c1-10-13(14(20)17-6-8-21-9-7-19)22-15(18-10)11-2-4-12(16)5-3-11/h2-5,19H,6-9H2,1H3,(H,17,20). The average Bonchev–Trinajstić information content (AvgIpc) is 2.89. The smallest absolute Gasteiger partial charge is 0.263 e. The lowest BCUT2D eigenvalue weighted by molar-refractivity contribution is 0.0840. The Labute approximate surface area is 131 Å². The lowest BCUT2D eigenvalue weighted by Gasteiger charge is -2.04. The molecule has 2 N–H and O–H groups in total. The second-order valence-corrected chi connectivity index (χ2v) is 5.53. The Hall–Kier alpha value is -1.83. The number of nitrogens with one attached hydrogen (secondary N) is 1. The predicted molar refractivity (Wildman–Crippen MR) is 82.5 cm³/mol. The number of benzene rings is 1. The third-order valence-electron chi connectivity index (χ3n) is 2.86. The van der Waals surface area contributed by atoms with Gasteiger partial charge in [-0.15, -0.1) is 11.3 Å². The highest BCUT2D eigenvalue weighted by molar-refractivity contribution is 7.17. The predicted octanol–water partition coefficient (Wildman–Crippen LogP) is 2.00. The van der Waals surface area contributed by atoms with Crippen LogP contribution >= 0.6 is 11.3 Å². The summed E-state index contributed by atoms with van der Waals surface area (Å²) in [5.74, 6) is -0.520. The van der Waals surface area contributed by atoms with Crippen molar-refractivity contribution in [1.82, 2.24) is 10.3 Å². The molecule has 2 rings (SSSR count). The average molecular weight is 324 g/mol. The molecule has 0 atom stereocenters. The lowest BCUT2D eigenvalue weighted by Crippen LogP contribution is -2.27. The Morgan fingerprint density at radius 2 is 2.09 bits per heavy atom. The largest absolute Gasteiger partial charge is 0.394 e. The number of halogens is 1. The molecule has 1 aromatic heterocycles. The molecule has 0 aliphatic heterocycles. The molecule has 0 radical (unpaired) electrons. The fraction of sp³-hybridized carbons (Fsp3) is 0.333. The van der Waals surface area contributed by atoms with Crippen molar-refractivity contribution in [3.63, 3.8) is 0 Å². The number of aliphatic hydroxyl groups excluding tert-OH is 1. The Morgan fingerprint density at radius 3 is 2.77 bits per heavy atom. The first kappa shape index (κ1) is 16.5. The van der Waals surface area contributed by atoms with Crippen molar-refractivity contribution in [2.75, 3.05) is 26.4 Å². The van der Waals surface area contributed by atoms with Crippen LogP contribution in [0.4, 0.5) is 4.39 Å². The van der Waals surface area contributed by atoms with Crippen molar-refractivity contribution in [2.24, 2.45) is 0 Å². The summed E-state index contributed by atoms with van der Waals surface area (Å²) in [7, 11) is 0. The highest BCUT2D eigenvalue weighted by Crippen LogP contribution is 2.27. The van der Waals surface area contributed by atoms with Crippen LogP contribution in [0, 0.1) is 12.7 Å². The lowest BCUT2D eigenvalue weighted by atomic mass is 10.2. The van der Waals surface area contributed by atoms with Crippen LogP contribution in [0.1, 0.15) is 15.4 Å². The van der Waals surface area contributed by atoms with E-state index < -0.39 is 0 Å². The number of thiazole rings is 1. The number of ether oxygens (including phenoxy) is 1. The molecule has 1 aromatic carbocycles. The van der Waals surface area contributed by atoms with E-state index in [1.54, 1.807) is 19.1 Å². The molecule has 118 valence electrons. The van der Waals surface area contributed by atoms with Crippen LogP contribution in [0.2, 0.25) is 0 Å². The van der Waals surface area contributed by atoms with Gasteiger partial charge in [0.15, 0.2) is 0 Å². The van der Waals surface area contributed by atoms with Crippen molar-refractivity contribution in [3.05, 3.63) is 40.7 Å². The van der Waals surface area contributed by atoms with E-state index in [4.69, 9.17) is 9.84 Å². The highest BCUT2D eigenvalue weighted by Gasteiger charge is 2.15. The number of aryl methyl sites for hydroxylation is 1. The molecular weight excluding hydrogens is 307 g/mol. The Balaban J connectivity index is 2.00.